The first-order valence-electron chi connectivity index (χ1n) is 4.34. The van der Waals surface area contributed by atoms with E-state index in [0.717, 1.165) is 6.92 Å². The molecular weight excluding hydrogens is 257 g/mol. The Hall–Kier alpha value is -1.08. The van der Waals surface area contributed by atoms with E-state index in [0.29, 0.717) is 0 Å². The lowest BCUT2D eigenvalue weighted by atomic mass is 9.97. The van der Waals surface area contributed by atoms with E-state index in [4.69, 9.17) is 0 Å². The summed E-state index contributed by atoms with van der Waals surface area (Å²) in [5, 5.41) is 0. The molecule has 0 rings (SSSR count). The standard InChI is InChI=1S/C9H9F7O/c1-4(2)7(17)5(10)3-6(8(11,12)13)9(14,15)16/h5-6H,1,3H2,2H3. The quantitative estimate of drug-likeness (QED) is 0.561. The highest BCUT2D eigenvalue weighted by molar-refractivity contribution is 5.97. The fourth-order valence-electron chi connectivity index (χ4n) is 1.03. The first kappa shape index (κ1) is 15.9. The molecule has 0 spiro atoms. The molecule has 0 amide bonds. The third-order valence-electron chi connectivity index (χ3n) is 1.94. The van der Waals surface area contributed by atoms with Gasteiger partial charge in [0.15, 0.2) is 17.9 Å². The van der Waals surface area contributed by atoms with Gasteiger partial charge >= 0.3 is 12.4 Å². The molecule has 0 saturated heterocycles. The van der Waals surface area contributed by atoms with Gasteiger partial charge in [0.05, 0.1) is 0 Å². The summed E-state index contributed by atoms with van der Waals surface area (Å²) in [4.78, 5) is 10.8. The molecule has 0 bridgehead atoms. The molecule has 1 atom stereocenters. The molecule has 0 aromatic heterocycles. The summed E-state index contributed by atoms with van der Waals surface area (Å²) in [7, 11) is 0. The third kappa shape index (κ3) is 4.74. The lowest BCUT2D eigenvalue weighted by molar-refractivity contribution is -0.287. The molecule has 0 aliphatic carbocycles. The van der Waals surface area contributed by atoms with Crippen molar-refractivity contribution in [2.45, 2.75) is 31.9 Å². The minimum Gasteiger partial charge on any atom is -0.291 e. The Labute approximate surface area is 92.3 Å². The van der Waals surface area contributed by atoms with E-state index >= 15 is 0 Å². The molecule has 1 nitrogen and oxygen atoms in total. The molecule has 0 heterocycles. The summed E-state index contributed by atoms with van der Waals surface area (Å²) in [5.74, 6) is -5.31. The van der Waals surface area contributed by atoms with E-state index in [1.165, 1.54) is 0 Å². The number of Topliss-reactive ketones (excluding diaryl/α,β-unsaturated/α-hetero) is 1. The average molecular weight is 266 g/mol. The molecule has 0 fully saturated rings. The van der Waals surface area contributed by atoms with Gasteiger partial charge in [0.1, 0.15) is 0 Å². The summed E-state index contributed by atoms with van der Waals surface area (Å²) in [5.41, 5.74) is -0.430. The van der Waals surface area contributed by atoms with Crippen LogP contribution in [0, 0.1) is 5.92 Å². The highest BCUT2D eigenvalue weighted by Crippen LogP contribution is 2.42. The van der Waals surface area contributed by atoms with E-state index in [9.17, 15) is 35.5 Å². The molecule has 0 radical (unpaired) electrons. The number of hydrogen-bond acceptors (Lipinski definition) is 1. The van der Waals surface area contributed by atoms with Crippen LogP contribution in [0.2, 0.25) is 0 Å². The number of alkyl halides is 7. The molecular formula is C9H9F7O. The van der Waals surface area contributed by atoms with Crippen molar-refractivity contribution in [3.8, 4) is 0 Å². The van der Waals surface area contributed by atoms with Crippen LogP contribution in [0.1, 0.15) is 13.3 Å². The number of hydrogen-bond donors (Lipinski definition) is 0. The zero-order valence-corrected chi connectivity index (χ0v) is 8.62. The van der Waals surface area contributed by atoms with Gasteiger partial charge in [-0.1, -0.05) is 6.58 Å². The number of carbonyl (C=O) groups excluding carboxylic acids is 1. The average Bonchev–Trinajstić information content (AvgIpc) is 2.08. The number of ketones is 1. The van der Waals surface area contributed by atoms with Crippen LogP contribution in [0.4, 0.5) is 30.7 Å². The number of rotatable bonds is 4. The van der Waals surface area contributed by atoms with Gasteiger partial charge in [-0.2, -0.15) is 26.3 Å². The Balaban J connectivity index is 4.91. The fourth-order valence-corrected chi connectivity index (χ4v) is 1.03. The minimum absolute atomic E-state index is 0.430. The maximum absolute atomic E-state index is 12.9. The summed E-state index contributed by atoms with van der Waals surface area (Å²) in [6.45, 7) is 3.96. The van der Waals surface area contributed by atoms with Gasteiger partial charge in [-0.25, -0.2) is 4.39 Å². The van der Waals surface area contributed by atoms with Crippen molar-refractivity contribution in [3.05, 3.63) is 12.2 Å². The molecule has 0 aromatic rings. The molecule has 0 aliphatic rings. The first-order valence-corrected chi connectivity index (χ1v) is 4.34. The van der Waals surface area contributed by atoms with Gasteiger partial charge in [0.2, 0.25) is 0 Å². The second-order valence-corrected chi connectivity index (χ2v) is 3.48. The predicted molar refractivity (Wildman–Crippen MR) is 44.9 cm³/mol. The van der Waals surface area contributed by atoms with Crippen LogP contribution in [-0.2, 0) is 4.79 Å². The second kappa shape index (κ2) is 5.05. The molecule has 100 valence electrons. The monoisotopic (exact) mass is 266 g/mol. The maximum Gasteiger partial charge on any atom is 0.400 e. The second-order valence-electron chi connectivity index (χ2n) is 3.48. The Kier molecular flexibility index (Phi) is 4.73. The maximum atomic E-state index is 12.9. The van der Waals surface area contributed by atoms with E-state index in [1.54, 1.807) is 0 Å². The van der Waals surface area contributed by atoms with Gasteiger partial charge in [0, 0.05) is 6.42 Å². The lowest BCUT2D eigenvalue weighted by Crippen LogP contribution is -2.39. The SMILES string of the molecule is C=C(C)C(=O)C(F)CC(C(F)(F)F)C(F)(F)F. The number of allylic oxidation sites excluding steroid dienone is 1. The lowest BCUT2D eigenvalue weighted by Gasteiger charge is -2.23. The summed E-state index contributed by atoms with van der Waals surface area (Å²) in [6, 6.07) is 0. The van der Waals surface area contributed by atoms with Gasteiger partial charge < -0.3 is 0 Å². The molecule has 0 aromatic carbocycles. The molecule has 8 heteroatoms. The molecule has 0 N–H and O–H groups in total. The number of carbonyl (C=O) groups is 1. The largest absolute Gasteiger partial charge is 0.400 e. The normalized spacial score (nSPS) is 14.9. The van der Waals surface area contributed by atoms with Crippen LogP contribution in [0.3, 0.4) is 0 Å². The zero-order valence-electron chi connectivity index (χ0n) is 8.62. The smallest absolute Gasteiger partial charge is 0.291 e. The molecule has 0 aliphatic heterocycles. The van der Waals surface area contributed by atoms with Crippen LogP contribution in [0.15, 0.2) is 12.2 Å². The van der Waals surface area contributed by atoms with E-state index in [-0.39, 0.29) is 0 Å². The predicted octanol–water partition coefficient (Wildman–Crippen LogP) is 3.60. The Morgan fingerprint density at radius 3 is 1.71 bits per heavy atom. The topological polar surface area (TPSA) is 17.1 Å². The van der Waals surface area contributed by atoms with Crippen LogP contribution < -0.4 is 0 Å². The van der Waals surface area contributed by atoms with E-state index in [1.807, 2.05) is 0 Å². The van der Waals surface area contributed by atoms with Crippen molar-refractivity contribution in [1.29, 1.82) is 0 Å². The van der Waals surface area contributed by atoms with E-state index < -0.39 is 42.2 Å². The molecule has 1 unspecified atom stereocenters. The van der Waals surface area contributed by atoms with E-state index in [2.05, 4.69) is 6.58 Å². The summed E-state index contributed by atoms with van der Waals surface area (Å²) < 4.78 is 85.1. The van der Waals surface area contributed by atoms with Crippen molar-refractivity contribution >= 4 is 5.78 Å². The summed E-state index contributed by atoms with van der Waals surface area (Å²) >= 11 is 0. The third-order valence-corrected chi connectivity index (χ3v) is 1.94. The zero-order chi connectivity index (χ0) is 14.0. The fraction of sp³-hybridized carbons (Fsp3) is 0.667. The van der Waals surface area contributed by atoms with Crippen LogP contribution in [0.25, 0.3) is 0 Å². The van der Waals surface area contributed by atoms with Crippen molar-refractivity contribution in [2.24, 2.45) is 5.92 Å². The van der Waals surface area contributed by atoms with Gasteiger partial charge in [0.25, 0.3) is 0 Å². The van der Waals surface area contributed by atoms with Crippen LogP contribution in [0.5, 0.6) is 0 Å². The molecule has 17 heavy (non-hydrogen) atoms. The Morgan fingerprint density at radius 1 is 1.12 bits per heavy atom. The Morgan fingerprint density at radius 2 is 1.47 bits per heavy atom. The van der Waals surface area contributed by atoms with Crippen molar-refractivity contribution in [1.82, 2.24) is 0 Å². The Bertz CT molecular complexity index is 287. The van der Waals surface area contributed by atoms with Gasteiger partial charge in [-0.15, -0.1) is 0 Å². The minimum atomic E-state index is -5.64. The van der Waals surface area contributed by atoms with Gasteiger partial charge in [-0.05, 0) is 12.5 Å². The summed E-state index contributed by atoms with van der Waals surface area (Å²) in [6.07, 6.45) is -16.1. The van der Waals surface area contributed by atoms with Crippen LogP contribution >= 0.6 is 0 Å². The van der Waals surface area contributed by atoms with Crippen molar-refractivity contribution < 1.29 is 35.5 Å². The van der Waals surface area contributed by atoms with Crippen LogP contribution in [-0.4, -0.2) is 24.3 Å². The highest BCUT2D eigenvalue weighted by atomic mass is 19.4. The molecule has 0 saturated carbocycles. The van der Waals surface area contributed by atoms with Crippen molar-refractivity contribution in [2.75, 3.05) is 0 Å². The highest BCUT2D eigenvalue weighted by Gasteiger charge is 2.57. The van der Waals surface area contributed by atoms with Crippen molar-refractivity contribution in [3.63, 3.8) is 0 Å². The first-order chi connectivity index (χ1) is 7.37. The van der Waals surface area contributed by atoms with Gasteiger partial charge in [-0.3, -0.25) is 4.79 Å². The number of halogens is 7.